The van der Waals surface area contributed by atoms with Gasteiger partial charge >= 0.3 is 5.97 Å². The Kier molecular flexibility index (Phi) is 13.5. The van der Waals surface area contributed by atoms with Crippen LogP contribution in [0, 0.1) is 5.92 Å². The van der Waals surface area contributed by atoms with Crippen molar-refractivity contribution in [2.45, 2.75) is 76.5 Å². The number of aliphatic carboxylic acids is 1. The lowest BCUT2D eigenvalue weighted by atomic mass is 9.97. The van der Waals surface area contributed by atoms with Gasteiger partial charge in [0.2, 0.25) is 17.7 Å². The minimum absolute atomic E-state index is 0.0278. The van der Waals surface area contributed by atoms with E-state index in [4.69, 9.17) is 17.2 Å². The van der Waals surface area contributed by atoms with E-state index in [0.717, 1.165) is 0 Å². The Morgan fingerprint density at radius 1 is 1.20 bits per heavy atom. The van der Waals surface area contributed by atoms with Gasteiger partial charge in [-0.05, 0) is 50.0 Å². The fourth-order valence-electron chi connectivity index (χ4n) is 3.86. The zero-order chi connectivity index (χ0) is 26.5. The zero-order valence-electron chi connectivity index (χ0n) is 20.9. The molecule has 1 aliphatic rings. The number of carbonyl (C=O) groups excluding carboxylic acids is 3. The van der Waals surface area contributed by atoms with Gasteiger partial charge in [0.05, 0.1) is 6.04 Å². The molecule has 3 amide bonds. The Hall–Kier alpha value is -2.54. The number of aliphatic imine (C=N–C) groups is 1. The smallest absolute Gasteiger partial charge is 0.326 e. The van der Waals surface area contributed by atoms with E-state index in [-0.39, 0.29) is 24.2 Å². The van der Waals surface area contributed by atoms with E-state index in [1.807, 2.05) is 20.1 Å². The van der Waals surface area contributed by atoms with Crippen LogP contribution < -0.4 is 27.8 Å². The molecule has 13 heteroatoms. The molecule has 5 atom stereocenters. The van der Waals surface area contributed by atoms with Gasteiger partial charge in [0.25, 0.3) is 0 Å². The van der Waals surface area contributed by atoms with Crippen LogP contribution in [0.4, 0.5) is 0 Å². The molecule has 0 bridgehead atoms. The van der Waals surface area contributed by atoms with Crippen LogP contribution in [0.15, 0.2) is 4.99 Å². The molecule has 1 saturated heterocycles. The second kappa shape index (κ2) is 15.5. The van der Waals surface area contributed by atoms with Crippen molar-refractivity contribution in [3.05, 3.63) is 0 Å². The van der Waals surface area contributed by atoms with Gasteiger partial charge in [-0.1, -0.05) is 20.3 Å². The summed E-state index contributed by atoms with van der Waals surface area (Å²) >= 11 is 1.48. The van der Waals surface area contributed by atoms with Crippen molar-refractivity contribution in [3.63, 3.8) is 0 Å². The molecule has 0 saturated carbocycles. The molecule has 1 fully saturated rings. The molecule has 1 rings (SSSR count). The lowest BCUT2D eigenvalue weighted by Crippen LogP contribution is -2.58. The van der Waals surface area contributed by atoms with Crippen LogP contribution in [0.3, 0.4) is 0 Å². The molecule has 0 aromatic carbocycles. The fourth-order valence-corrected chi connectivity index (χ4v) is 4.34. The average Bonchev–Trinajstić information content (AvgIpc) is 3.31. The van der Waals surface area contributed by atoms with Crippen molar-refractivity contribution in [1.82, 2.24) is 15.5 Å². The summed E-state index contributed by atoms with van der Waals surface area (Å²) in [6.45, 7) is 4.44. The van der Waals surface area contributed by atoms with E-state index < -0.39 is 42.0 Å². The summed E-state index contributed by atoms with van der Waals surface area (Å²) in [4.78, 5) is 55.9. The van der Waals surface area contributed by atoms with Crippen molar-refractivity contribution >= 4 is 41.4 Å². The van der Waals surface area contributed by atoms with E-state index in [1.54, 1.807) is 0 Å². The van der Waals surface area contributed by atoms with Crippen LogP contribution in [0.25, 0.3) is 0 Å². The summed E-state index contributed by atoms with van der Waals surface area (Å²) in [5.74, 6) is -2.14. The molecule has 9 N–H and O–H groups in total. The molecule has 0 spiro atoms. The summed E-state index contributed by atoms with van der Waals surface area (Å²) in [7, 11) is 0. The standard InChI is InChI=1S/C22H41N7O5S/c1-4-13(2)17(19(31)27-15(21(33)34)9-12-35-3)28-18(30)16-8-6-11-29(16)20(32)14(23)7-5-10-26-22(24)25/h13-17H,4-12,23H2,1-3H3,(H,27,31)(H,28,30)(H,33,34)(H4,24,25,26). The highest BCUT2D eigenvalue weighted by Crippen LogP contribution is 2.20. The summed E-state index contributed by atoms with van der Waals surface area (Å²) in [6.07, 6.45) is 4.70. The molecule has 5 unspecified atom stereocenters. The molecule has 0 radical (unpaired) electrons. The Morgan fingerprint density at radius 3 is 2.46 bits per heavy atom. The maximum atomic E-state index is 13.2. The molecule has 200 valence electrons. The lowest BCUT2D eigenvalue weighted by Gasteiger charge is -2.30. The van der Waals surface area contributed by atoms with Gasteiger partial charge < -0.3 is 37.8 Å². The van der Waals surface area contributed by atoms with Crippen molar-refractivity contribution < 1.29 is 24.3 Å². The van der Waals surface area contributed by atoms with E-state index in [2.05, 4.69) is 15.6 Å². The third kappa shape index (κ3) is 9.92. The molecular weight excluding hydrogens is 474 g/mol. The monoisotopic (exact) mass is 515 g/mol. The number of nitrogens with zero attached hydrogens (tertiary/aromatic N) is 2. The van der Waals surface area contributed by atoms with Gasteiger partial charge in [0, 0.05) is 13.1 Å². The SMILES string of the molecule is CCC(C)C(NC(=O)C1CCCN1C(=O)C(N)CCCN=C(N)N)C(=O)NC(CCSC)C(=O)O. The Labute approximate surface area is 211 Å². The molecular formula is C22H41N7O5S. The van der Waals surface area contributed by atoms with E-state index >= 15 is 0 Å². The largest absolute Gasteiger partial charge is 0.480 e. The summed E-state index contributed by atoms with van der Waals surface area (Å²) in [5.41, 5.74) is 16.7. The normalized spacial score (nSPS) is 18.7. The summed E-state index contributed by atoms with van der Waals surface area (Å²) in [6, 6.07) is -3.49. The summed E-state index contributed by atoms with van der Waals surface area (Å²) in [5, 5.41) is 14.8. The van der Waals surface area contributed by atoms with Gasteiger partial charge in [0.1, 0.15) is 18.1 Å². The number of rotatable bonds is 15. The maximum Gasteiger partial charge on any atom is 0.326 e. The number of amides is 3. The highest BCUT2D eigenvalue weighted by atomic mass is 32.2. The maximum absolute atomic E-state index is 13.2. The number of hydrogen-bond acceptors (Lipinski definition) is 7. The topological polar surface area (TPSA) is 206 Å². The first kappa shape index (κ1) is 30.5. The number of likely N-dealkylation sites (tertiary alicyclic amines) is 1. The van der Waals surface area contributed by atoms with Crippen LogP contribution >= 0.6 is 11.8 Å². The second-order valence-electron chi connectivity index (χ2n) is 8.80. The highest BCUT2D eigenvalue weighted by Gasteiger charge is 2.38. The third-order valence-electron chi connectivity index (χ3n) is 6.14. The van der Waals surface area contributed by atoms with E-state index in [9.17, 15) is 24.3 Å². The van der Waals surface area contributed by atoms with Gasteiger partial charge in [-0.3, -0.25) is 19.4 Å². The van der Waals surface area contributed by atoms with E-state index in [0.29, 0.717) is 50.9 Å². The number of carbonyl (C=O) groups is 4. The zero-order valence-corrected chi connectivity index (χ0v) is 21.7. The first-order valence-electron chi connectivity index (χ1n) is 12.0. The number of carboxylic acids is 1. The van der Waals surface area contributed by atoms with Crippen LogP contribution in [-0.4, -0.2) is 88.9 Å². The fraction of sp³-hybridized carbons (Fsp3) is 0.773. The first-order valence-corrected chi connectivity index (χ1v) is 13.4. The predicted octanol–water partition coefficient (Wildman–Crippen LogP) is -0.788. The minimum Gasteiger partial charge on any atom is -0.480 e. The van der Waals surface area contributed by atoms with Crippen LogP contribution in [0.2, 0.25) is 0 Å². The van der Waals surface area contributed by atoms with Crippen molar-refractivity contribution in [2.75, 3.05) is 25.1 Å². The van der Waals surface area contributed by atoms with Crippen LogP contribution in [0.1, 0.15) is 52.4 Å². The Balaban J connectivity index is 2.85. The number of guanidine groups is 1. The molecule has 1 aliphatic heterocycles. The van der Waals surface area contributed by atoms with Gasteiger partial charge in [-0.15, -0.1) is 0 Å². The molecule has 12 nitrogen and oxygen atoms in total. The van der Waals surface area contributed by atoms with Crippen LogP contribution in [-0.2, 0) is 19.2 Å². The Morgan fingerprint density at radius 2 is 1.89 bits per heavy atom. The van der Waals surface area contributed by atoms with Gasteiger partial charge in [-0.25, -0.2) is 4.79 Å². The van der Waals surface area contributed by atoms with E-state index in [1.165, 1.54) is 16.7 Å². The first-order chi connectivity index (χ1) is 16.5. The number of nitrogens with two attached hydrogens (primary N) is 3. The van der Waals surface area contributed by atoms with Gasteiger partial charge in [-0.2, -0.15) is 11.8 Å². The average molecular weight is 516 g/mol. The second-order valence-corrected chi connectivity index (χ2v) is 9.78. The summed E-state index contributed by atoms with van der Waals surface area (Å²) < 4.78 is 0. The molecule has 0 aromatic rings. The number of nitrogens with one attached hydrogen (secondary N) is 2. The molecule has 1 heterocycles. The Bertz CT molecular complexity index is 762. The predicted molar refractivity (Wildman–Crippen MR) is 137 cm³/mol. The molecule has 35 heavy (non-hydrogen) atoms. The number of thioether (sulfide) groups is 1. The minimum atomic E-state index is -1.12. The van der Waals surface area contributed by atoms with Gasteiger partial charge in [0.15, 0.2) is 5.96 Å². The quantitative estimate of drug-likeness (QED) is 0.0916. The third-order valence-corrected chi connectivity index (χ3v) is 6.79. The number of hydrogen-bond donors (Lipinski definition) is 6. The lowest BCUT2D eigenvalue weighted by molar-refractivity contribution is -0.143. The highest BCUT2D eigenvalue weighted by molar-refractivity contribution is 7.98. The van der Waals surface area contributed by atoms with Crippen molar-refractivity contribution in [2.24, 2.45) is 28.1 Å². The van der Waals surface area contributed by atoms with Crippen molar-refractivity contribution in [3.8, 4) is 0 Å². The van der Waals surface area contributed by atoms with Crippen molar-refractivity contribution in [1.29, 1.82) is 0 Å². The molecule has 0 aromatic heterocycles. The molecule has 0 aliphatic carbocycles. The van der Waals surface area contributed by atoms with Crippen LogP contribution in [0.5, 0.6) is 0 Å². The number of carboxylic acid groups (broad SMARTS) is 1.